The molecule has 60 heavy (non-hydrogen) atoms. The molecule has 1 fully saturated rings. The van der Waals surface area contributed by atoms with Gasteiger partial charge in [-0.2, -0.15) is 0 Å². The smallest absolute Gasteiger partial charge is 0.324 e. The first-order valence-electron chi connectivity index (χ1n) is 22.2. The number of anilines is 1. The molecule has 1 saturated heterocycles. The topological polar surface area (TPSA) is 128 Å². The van der Waals surface area contributed by atoms with Crippen LogP contribution in [0.15, 0.2) is 74.3 Å². The highest BCUT2D eigenvalue weighted by molar-refractivity contribution is 7.99. The van der Waals surface area contributed by atoms with Gasteiger partial charge >= 0.3 is 6.03 Å². The summed E-state index contributed by atoms with van der Waals surface area (Å²) in [5.41, 5.74) is 3.53. The normalized spacial score (nSPS) is 16.1. The highest BCUT2D eigenvalue weighted by Crippen LogP contribution is 2.39. The second kappa shape index (κ2) is 21.6. The van der Waals surface area contributed by atoms with Crippen molar-refractivity contribution in [3.63, 3.8) is 0 Å². The molecule has 0 spiro atoms. The molecule has 3 aromatic rings. The molecule has 0 bridgehead atoms. The van der Waals surface area contributed by atoms with Gasteiger partial charge in [-0.1, -0.05) is 151 Å². The van der Waals surface area contributed by atoms with Crippen molar-refractivity contribution in [1.29, 1.82) is 0 Å². The number of amides is 4. The molecule has 2 aliphatic rings. The Kier molecular flexibility index (Phi) is 16.9. The quantitative estimate of drug-likeness (QED) is 0.0722. The number of amidine groups is 1. The third-order valence-electron chi connectivity index (χ3n) is 11.5. The van der Waals surface area contributed by atoms with E-state index >= 15 is 0 Å². The number of rotatable bonds is 23. The Morgan fingerprint density at radius 3 is 1.87 bits per heavy atom. The number of carbonyl (C=O) groups excluding carboxylic acids is 3. The average Bonchev–Trinajstić information content (AvgIpc) is 3.39. The highest BCUT2D eigenvalue weighted by atomic mass is 32.2. The zero-order valence-corrected chi connectivity index (χ0v) is 38.6. The maximum atomic E-state index is 14.9. The molecule has 1 atom stereocenters. The van der Waals surface area contributed by atoms with Gasteiger partial charge in [0.1, 0.15) is 10.4 Å². The highest BCUT2D eigenvalue weighted by Gasteiger charge is 2.53. The summed E-state index contributed by atoms with van der Waals surface area (Å²) in [6.45, 7) is 13.5. The molecular formula is C48H67N5O5S2. The van der Waals surface area contributed by atoms with Crippen LogP contribution in [0.3, 0.4) is 0 Å². The Hall–Kier alpha value is -4.16. The number of unbranched alkanes of at least 4 members (excludes halogenated alkanes) is 15. The first-order valence-corrected chi connectivity index (χ1v) is 24.4. The first kappa shape index (κ1) is 46.9. The predicted octanol–water partition coefficient (Wildman–Crippen LogP) is 11.7. The molecule has 326 valence electrons. The van der Waals surface area contributed by atoms with E-state index in [-0.39, 0.29) is 23.0 Å². The van der Waals surface area contributed by atoms with Crippen LogP contribution in [-0.2, 0) is 19.6 Å². The van der Waals surface area contributed by atoms with Crippen LogP contribution in [0.2, 0.25) is 0 Å². The lowest BCUT2D eigenvalue weighted by molar-refractivity contribution is -0.134. The molecular weight excluding hydrogens is 791 g/mol. The second-order valence-electron chi connectivity index (χ2n) is 17.3. The van der Waals surface area contributed by atoms with Crippen molar-refractivity contribution in [2.24, 2.45) is 4.99 Å². The van der Waals surface area contributed by atoms with Crippen molar-refractivity contribution in [3.8, 4) is 0 Å². The maximum Gasteiger partial charge on any atom is 0.326 e. The molecule has 1 unspecified atom stereocenters. The van der Waals surface area contributed by atoms with E-state index in [2.05, 4.69) is 50.5 Å². The number of nitrogens with one attached hydrogen (secondary N) is 2. The fourth-order valence-corrected chi connectivity index (χ4v) is 10.9. The van der Waals surface area contributed by atoms with Crippen molar-refractivity contribution in [1.82, 2.24) is 14.5 Å². The van der Waals surface area contributed by atoms with Crippen molar-refractivity contribution < 1.29 is 22.8 Å². The predicted molar refractivity (Wildman–Crippen MR) is 245 cm³/mol. The monoisotopic (exact) mass is 857 g/mol. The molecule has 0 aliphatic carbocycles. The SMILES string of the molecule is CCCCCCCCCCCCCCCCCCN1C(C(C(=O)Nc2cc(C)ccc2Sc2c(C)cc(C)cc2C)N2C(=O)NC(C)(C)C2=O)=Nc2ccccc2S1(=O)=O. The lowest BCUT2D eigenvalue weighted by Gasteiger charge is -2.36. The zero-order valence-electron chi connectivity index (χ0n) is 37.0. The van der Waals surface area contributed by atoms with E-state index < -0.39 is 39.4 Å². The van der Waals surface area contributed by atoms with E-state index in [1.54, 1.807) is 32.0 Å². The molecule has 0 saturated carbocycles. The third kappa shape index (κ3) is 11.8. The molecule has 0 aromatic heterocycles. The van der Waals surface area contributed by atoms with E-state index in [0.29, 0.717) is 12.1 Å². The van der Waals surface area contributed by atoms with Gasteiger partial charge in [0, 0.05) is 16.3 Å². The Morgan fingerprint density at radius 1 is 0.767 bits per heavy atom. The summed E-state index contributed by atoms with van der Waals surface area (Å²) in [4.78, 5) is 50.1. The summed E-state index contributed by atoms with van der Waals surface area (Å²) < 4.78 is 30.1. The lowest BCUT2D eigenvalue weighted by atomic mass is 10.0. The van der Waals surface area contributed by atoms with E-state index in [0.717, 1.165) is 66.9 Å². The van der Waals surface area contributed by atoms with Crippen LogP contribution in [0.4, 0.5) is 16.2 Å². The van der Waals surface area contributed by atoms with Crippen LogP contribution in [0.5, 0.6) is 0 Å². The lowest BCUT2D eigenvalue weighted by Crippen LogP contribution is -2.59. The number of nitrogens with zero attached hydrogens (tertiary/aromatic N) is 3. The van der Waals surface area contributed by atoms with E-state index in [1.807, 2.05) is 25.1 Å². The zero-order chi connectivity index (χ0) is 43.5. The van der Waals surface area contributed by atoms with Crippen LogP contribution >= 0.6 is 11.8 Å². The summed E-state index contributed by atoms with van der Waals surface area (Å²) in [7, 11) is -4.22. The number of aliphatic imine (C=N–C) groups is 1. The van der Waals surface area contributed by atoms with Crippen LogP contribution < -0.4 is 10.6 Å². The first-order chi connectivity index (χ1) is 28.6. The number of hydrogen-bond acceptors (Lipinski definition) is 7. The molecule has 4 amide bonds. The van der Waals surface area contributed by atoms with Crippen LogP contribution in [0.25, 0.3) is 0 Å². The molecule has 2 N–H and O–H groups in total. The van der Waals surface area contributed by atoms with Crippen LogP contribution in [0.1, 0.15) is 146 Å². The van der Waals surface area contributed by atoms with Crippen molar-refractivity contribution >= 4 is 56.8 Å². The Balaban J connectivity index is 1.34. The van der Waals surface area contributed by atoms with E-state index in [1.165, 1.54) is 88.5 Å². The van der Waals surface area contributed by atoms with Gasteiger partial charge in [-0.05, 0) is 88.9 Å². The number of aryl methyl sites for hydroxylation is 4. The van der Waals surface area contributed by atoms with Crippen LogP contribution in [-0.4, -0.2) is 59.4 Å². The average molecular weight is 858 g/mol. The molecule has 10 nitrogen and oxygen atoms in total. The maximum absolute atomic E-state index is 14.9. The van der Waals surface area contributed by atoms with Gasteiger partial charge in [0.15, 0.2) is 11.9 Å². The number of urea groups is 1. The van der Waals surface area contributed by atoms with Gasteiger partial charge in [0.2, 0.25) is 0 Å². The fraction of sp³-hybridized carbons (Fsp3) is 0.542. The molecule has 5 rings (SSSR count). The number of para-hydroxylation sites is 1. The summed E-state index contributed by atoms with van der Waals surface area (Å²) in [5, 5.41) is 5.71. The largest absolute Gasteiger partial charge is 0.326 e. The minimum atomic E-state index is -4.22. The van der Waals surface area contributed by atoms with Gasteiger partial charge in [-0.3, -0.25) is 13.9 Å². The van der Waals surface area contributed by atoms with Crippen LogP contribution in [0, 0.1) is 27.7 Å². The van der Waals surface area contributed by atoms with Crippen molar-refractivity contribution in [2.75, 3.05) is 11.9 Å². The number of carbonyl (C=O) groups is 3. The van der Waals surface area contributed by atoms with Gasteiger partial charge in [0.25, 0.3) is 21.8 Å². The summed E-state index contributed by atoms with van der Waals surface area (Å²) in [6.07, 6.45) is 18.9. The third-order valence-corrected chi connectivity index (χ3v) is 14.8. The molecule has 0 radical (unpaired) electrons. The van der Waals surface area contributed by atoms with E-state index in [4.69, 9.17) is 4.99 Å². The van der Waals surface area contributed by atoms with Crippen molar-refractivity contribution in [2.45, 2.75) is 177 Å². The minimum Gasteiger partial charge on any atom is -0.324 e. The Labute approximate surface area is 363 Å². The minimum absolute atomic E-state index is 0.0168. The number of sulfonamides is 1. The standard InChI is InChI=1S/C48H67N5O5S2/c1-8-9-10-11-12-13-14-15-16-17-18-19-20-21-22-25-30-52-44(49-38-26-23-24-27-41(38)60(52,57)58)42(53-46(55)48(6,7)51-47(53)56)45(54)50-39-33-34(2)28-29-40(39)59-43-36(4)31-35(3)32-37(43)5/h23-24,26-29,31-33,42H,8-22,25,30H2,1-7H3,(H,50,54)(H,51,56). The number of benzene rings is 3. The second-order valence-corrected chi connectivity index (χ2v) is 20.2. The van der Waals surface area contributed by atoms with Crippen molar-refractivity contribution in [3.05, 3.63) is 76.9 Å². The summed E-state index contributed by atoms with van der Waals surface area (Å²) >= 11 is 1.52. The number of imide groups is 1. The number of fused-ring (bicyclic) bond motifs is 1. The van der Waals surface area contributed by atoms with Gasteiger partial charge in [0.05, 0.1) is 11.4 Å². The summed E-state index contributed by atoms with van der Waals surface area (Å²) in [5.74, 6) is -1.58. The fourth-order valence-electron chi connectivity index (χ4n) is 8.25. The van der Waals surface area contributed by atoms with Gasteiger partial charge in [-0.15, -0.1) is 0 Å². The molecule has 3 aromatic carbocycles. The molecule has 2 heterocycles. The van der Waals surface area contributed by atoms with E-state index in [9.17, 15) is 22.8 Å². The molecule has 12 heteroatoms. The Morgan fingerprint density at radius 2 is 1.32 bits per heavy atom. The Bertz CT molecular complexity index is 2110. The van der Waals surface area contributed by atoms with Gasteiger partial charge in [-0.25, -0.2) is 23.1 Å². The number of hydrogen-bond donors (Lipinski definition) is 2. The molecule has 2 aliphatic heterocycles. The summed E-state index contributed by atoms with van der Waals surface area (Å²) in [6, 6.07) is 13.9. The van der Waals surface area contributed by atoms with Gasteiger partial charge < -0.3 is 10.6 Å².